The van der Waals surface area contributed by atoms with Crippen molar-refractivity contribution in [3.05, 3.63) is 0 Å². The number of amides is 2. The third kappa shape index (κ3) is 5.14. The van der Waals surface area contributed by atoms with Crippen LogP contribution in [0.2, 0.25) is 0 Å². The standard InChI is InChI=1S/C11H22N4O2/c1-8(16)13-14-11(17)7-15(2)10-5-3-9(12)4-6-10/h9-10H,3-7,12H2,1-2H3,(H,13,16)(H,14,17). The lowest BCUT2D eigenvalue weighted by Gasteiger charge is -2.32. The second-order valence-corrected chi connectivity index (χ2v) is 4.71. The maximum absolute atomic E-state index is 11.5. The van der Waals surface area contributed by atoms with Gasteiger partial charge in [-0.2, -0.15) is 0 Å². The highest BCUT2D eigenvalue weighted by Gasteiger charge is 2.23. The van der Waals surface area contributed by atoms with Gasteiger partial charge in [-0.1, -0.05) is 0 Å². The number of hydrazine groups is 1. The van der Waals surface area contributed by atoms with Crippen molar-refractivity contribution < 1.29 is 9.59 Å². The van der Waals surface area contributed by atoms with Crippen LogP contribution >= 0.6 is 0 Å². The molecule has 0 heterocycles. The molecule has 98 valence electrons. The molecule has 0 unspecified atom stereocenters. The molecule has 1 aliphatic rings. The van der Waals surface area contributed by atoms with Crippen LogP contribution in [0.4, 0.5) is 0 Å². The van der Waals surface area contributed by atoms with Gasteiger partial charge in [-0.25, -0.2) is 0 Å². The van der Waals surface area contributed by atoms with Crippen LogP contribution in [0.25, 0.3) is 0 Å². The first-order valence-electron chi connectivity index (χ1n) is 6.00. The van der Waals surface area contributed by atoms with Gasteiger partial charge in [0.25, 0.3) is 5.91 Å². The van der Waals surface area contributed by atoms with E-state index >= 15 is 0 Å². The molecule has 0 aromatic heterocycles. The van der Waals surface area contributed by atoms with E-state index in [9.17, 15) is 9.59 Å². The fourth-order valence-corrected chi connectivity index (χ4v) is 2.10. The second-order valence-electron chi connectivity index (χ2n) is 4.71. The van der Waals surface area contributed by atoms with Gasteiger partial charge >= 0.3 is 0 Å². The van der Waals surface area contributed by atoms with Crippen molar-refractivity contribution in [3.63, 3.8) is 0 Å². The van der Waals surface area contributed by atoms with Crippen molar-refractivity contribution in [2.75, 3.05) is 13.6 Å². The Morgan fingerprint density at radius 2 is 1.82 bits per heavy atom. The lowest BCUT2D eigenvalue weighted by molar-refractivity contribution is -0.128. The number of likely N-dealkylation sites (N-methyl/N-ethyl adjacent to an activating group) is 1. The highest BCUT2D eigenvalue weighted by atomic mass is 16.2. The average Bonchev–Trinajstić information content (AvgIpc) is 2.27. The Morgan fingerprint density at radius 3 is 2.35 bits per heavy atom. The number of hydrogen-bond acceptors (Lipinski definition) is 4. The number of carbonyl (C=O) groups is 2. The monoisotopic (exact) mass is 242 g/mol. The smallest absolute Gasteiger partial charge is 0.252 e. The van der Waals surface area contributed by atoms with Crippen LogP contribution in [-0.4, -0.2) is 42.4 Å². The number of rotatable bonds is 3. The molecule has 1 rings (SSSR count). The Labute approximate surface area is 102 Å². The molecule has 0 saturated heterocycles. The van der Waals surface area contributed by atoms with Gasteiger partial charge in [-0.15, -0.1) is 0 Å². The normalized spacial score (nSPS) is 24.5. The van der Waals surface area contributed by atoms with E-state index in [0.29, 0.717) is 18.6 Å². The number of hydrogen-bond donors (Lipinski definition) is 3. The molecule has 6 nitrogen and oxygen atoms in total. The third-order valence-corrected chi connectivity index (χ3v) is 3.14. The maximum Gasteiger partial charge on any atom is 0.252 e. The van der Waals surface area contributed by atoms with Crippen molar-refractivity contribution in [1.29, 1.82) is 0 Å². The molecule has 17 heavy (non-hydrogen) atoms. The van der Waals surface area contributed by atoms with Crippen LogP contribution in [0.15, 0.2) is 0 Å². The predicted molar refractivity (Wildman–Crippen MR) is 64.8 cm³/mol. The van der Waals surface area contributed by atoms with Crippen LogP contribution in [-0.2, 0) is 9.59 Å². The quantitative estimate of drug-likeness (QED) is 0.574. The summed E-state index contributed by atoms with van der Waals surface area (Å²) in [6.45, 7) is 1.65. The van der Waals surface area contributed by atoms with E-state index < -0.39 is 0 Å². The lowest BCUT2D eigenvalue weighted by Crippen LogP contribution is -2.48. The Hall–Kier alpha value is -1.14. The second kappa shape index (κ2) is 6.56. The van der Waals surface area contributed by atoms with E-state index in [0.717, 1.165) is 25.7 Å². The molecule has 0 aromatic rings. The minimum absolute atomic E-state index is 0.197. The van der Waals surface area contributed by atoms with E-state index in [1.165, 1.54) is 6.92 Å². The summed E-state index contributed by atoms with van der Waals surface area (Å²) in [6.07, 6.45) is 4.10. The summed E-state index contributed by atoms with van der Waals surface area (Å²) in [4.78, 5) is 24.1. The van der Waals surface area contributed by atoms with Crippen LogP contribution in [0, 0.1) is 0 Å². The van der Waals surface area contributed by atoms with Gasteiger partial charge in [-0.05, 0) is 32.7 Å². The van der Waals surface area contributed by atoms with Crippen molar-refractivity contribution in [2.45, 2.75) is 44.7 Å². The minimum Gasteiger partial charge on any atom is -0.328 e. The summed E-state index contributed by atoms with van der Waals surface area (Å²) in [5.41, 5.74) is 10.5. The highest BCUT2D eigenvalue weighted by molar-refractivity contribution is 5.81. The third-order valence-electron chi connectivity index (χ3n) is 3.14. The number of nitrogens with two attached hydrogens (primary N) is 1. The molecule has 1 aliphatic carbocycles. The summed E-state index contributed by atoms with van der Waals surface area (Å²) < 4.78 is 0. The molecule has 0 aliphatic heterocycles. The van der Waals surface area contributed by atoms with E-state index in [1.807, 2.05) is 11.9 Å². The minimum atomic E-state index is -0.273. The first kappa shape index (κ1) is 13.9. The summed E-state index contributed by atoms with van der Waals surface area (Å²) in [5.74, 6) is -0.470. The van der Waals surface area contributed by atoms with Crippen LogP contribution < -0.4 is 16.6 Å². The van der Waals surface area contributed by atoms with Gasteiger partial charge < -0.3 is 5.73 Å². The summed E-state index contributed by atoms with van der Waals surface area (Å²) >= 11 is 0. The highest BCUT2D eigenvalue weighted by Crippen LogP contribution is 2.20. The average molecular weight is 242 g/mol. The van der Waals surface area contributed by atoms with Crippen molar-refractivity contribution in [3.8, 4) is 0 Å². The van der Waals surface area contributed by atoms with E-state index in [4.69, 9.17) is 5.73 Å². The van der Waals surface area contributed by atoms with E-state index in [1.54, 1.807) is 0 Å². The fraction of sp³-hybridized carbons (Fsp3) is 0.818. The maximum atomic E-state index is 11.5. The predicted octanol–water partition coefficient (Wildman–Crippen LogP) is -0.645. The molecular weight excluding hydrogens is 220 g/mol. The molecule has 0 spiro atoms. The number of carbonyl (C=O) groups excluding carboxylic acids is 2. The van der Waals surface area contributed by atoms with Gasteiger partial charge in [0.15, 0.2) is 0 Å². The van der Waals surface area contributed by atoms with Crippen molar-refractivity contribution in [2.24, 2.45) is 5.73 Å². The van der Waals surface area contributed by atoms with Crippen LogP contribution in [0.5, 0.6) is 0 Å². The zero-order valence-corrected chi connectivity index (χ0v) is 10.5. The molecule has 4 N–H and O–H groups in total. The summed E-state index contributed by atoms with van der Waals surface area (Å²) in [5, 5.41) is 0. The molecule has 1 saturated carbocycles. The zero-order chi connectivity index (χ0) is 12.8. The van der Waals surface area contributed by atoms with E-state index in [-0.39, 0.29) is 11.8 Å². The molecule has 0 bridgehead atoms. The van der Waals surface area contributed by atoms with Crippen LogP contribution in [0.1, 0.15) is 32.6 Å². The Kier molecular flexibility index (Phi) is 5.37. The summed E-state index contributed by atoms with van der Waals surface area (Å²) in [6, 6.07) is 0.728. The SMILES string of the molecule is CC(=O)NNC(=O)CN(C)C1CCC(N)CC1. The lowest BCUT2D eigenvalue weighted by atomic mass is 9.91. The van der Waals surface area contributed by atoms with Crippen molar-refractivity contribution >= 4 is 11.8 Å². The largest absolute Gasteiger partial charge is 0.328 e. The number of nitrogens with zero attached hydrogens (tertiary/aromatic N) is 1. The molecular formula is C11H22N4O2. The Bertz CT molecular complexity index is 275. The van der Waals surface area contributed by atoms with Gasteiger partial charge in [-0.3, -0.25) is 25.3 Å². The summed E-state index contributed by atoms with van der Waals surface area (Å²) in [7, 11) is 1.93. The molecule has 0 radical (unpaired) electrons. The Morgan fingerprint density at radius 1 is 1.24 bits per heavy atom. The zero-order valence-electron chi connectivity index (χ0n) is 10.5. The first-order chi connectivity index (χ1) is 7.99. The topological polar surface area (TPSA) is 87.5 Å². The molecule has 1 fully saturated rings. The molecule has 0 atom stereocenters. The Balaban J connectivity index is 2.26. The van der Waals surface area contributed by atoms with Gasteiger partial charge in [0, 0.05) is 19.0 Å². The molecule has 2 amide bonds. The molecule has 6 heteroatoms. The van der Waals surface area contributed by atoms with Gasteiger partial charge in [0.2, 0.25) is 5.91 Å². The van der Waals surface area contributed by atoms with Gasteiger partial charge in [0.05, 0.1) is 6.54 Å². The molecule has 0 aromatic carbocycles. The van der Waals surface area contributed by atoms with Gasteiger partial charge in [0.1, 0.15) is 0 Å². The van der Waals surface area contributed by atoms with Crippen LogP contribution in [0.3, 0.4) is 0 Å². The van der Waals surface area contributed by atoms with E-state index in [2.05, 4.69) is 10.9 Å². The number of nitrogens with one attached hydrogen (secondary N) is 2. The fourth-order valence-electron chi connectivity index (χ4n) is 2.10. The van der Waals surface area contributed by atoms with Crippen molar-refractivity contribution in [1.82, 2.24) is 15.8 Å². The first-order valence-corrected chi connectivity index (χ1v) is 6.00.